The van der Waals surface area contributed by atoms with E-state index in [1.54, 1.807) is 0 Å². The highest BCUT2D eigenvalue weighted by molar-refractivity contribution is 7.73. The zero-order valence-electron chi connectivity index (χ0n) is 11.9. The fourth-order valence-corrected chi connectivity index (χ4v) is 3.59. The van der Waals surface area contributed by atoms with E-state index in [9.17, 15) is 4.79 Å². The minimum absolute atomic E-state index is 0.0493. The second kappa shape index (κ2) is 5.34. The number of rotatable bonds is 2. The van der Waals surface area contributed by atoms with Crippen molar-refractivity contribution in [2.75, 3.05) is 26.7 Å². The topological polar surface area (TPSA) is 39.3 Å². The van der Waals surface area contributed by atoms with Gasteiger partial charge in [0, 0.05) is 35.7 Å². The predicted octanol–water partition coefficient (Wildman–Crippen LogP) is 2.21. The summed E-state index contributed by atoms with van der Waals surface area (Å²) in [6.45, 7) is 8.87. The zero-order chi connectivity index (χ0) is 14.2. The Hall–Kier alpha value is -0.720. The van der Waals surface area contributed by atoms with Crippen LogP contribution in [0.4, 0.5) is 0 Å². The predicted molar refractivity (Wildman–Crippen MR) is 81.2 cm³/mol. The number of carbonyl (C=O) groups is 1. The van der Waals surface area contributed by atoms with Gasteiger partial charge in [-0.2, -0.15) is 0 Å². The molecule has 1 amide bonds. The lowest BCUT2D eigenvalue weighted by Crippen LogP contribution is -2.59. The third-order valence-electron chi connectivity index (χ3n) is 3.90. The van der Waals surface area contributed by atoms with Crippen LogP contribution >= 0.6 is 23.6 Å². The molecule has 0 spiro atoms. The number of aryl methyl sites for hydroxylation is 1. The van der Waals surface area contributed by atoms with Crippen LogP contribution in [-0.4, -0.2) is 52.9 Å². The van der Waals surface area contributed by atoms with Crippen molar-refractivity contribution >= 4 is 29.5 Å². The first-order valence-electron chi connectivity index (χ1n) is 6.47. The van der Waals surface area contributed by atoms with Gasteiger partial charge in [-0.1, -0.05) is 0 Å². The maximum Gasteiger partial charge on any atom is 0.228 e. The number of nitrogens with zero attached hydrogens (tertiary/aromatic N) is 2. The van der Waals surface area contributed by atoms with Crippen molar-refractivity contribution in [1.82, 2.24) is 14.8 Å². The molecular weight excluding hydrogens is 278 g/mol. The number of hydrogen-bond donors (Lipinski definition) is 1. The van der Waals surface area contributed by atoms with Crippen LogP contribution in [0.5, 0.6) is 0 Å². The van der Waals surface area contributed by atoms with Crippen molar-refractivity contribution in [1.29, 1.82) is 0 Å². The van der Waals surface area contributed by atoms with Crippen molar-refractivity contribution in [3.63, 3.8) is 0 Å². The fraction of sp³-hybridized carbons (Fsp3) is 0.692. The number of thiazole rings is 1. The first-order valence-corrected chi connectivity index (χ1v) is 7.70. The molecule has 1 aromatic rings. The molecule has 1 aromatic heterocycles. The normalized spacial score (nSPS) is 19.7. The molecule has 0 bridgehead atoms. The van der Waals surface area contributed by atoms with Crippen molar-refractivity contribution in [2.24, 2.45) is 0 Å². The molecule has 19 heavy (non-hydrogen) atoms. The van der Waals surface area contributed by atoms with Crippen LogP contribution in [0, 0.1) is 10.9 Å². The van der Waals surface area contributed by atoms with Gasteiger partial charge in [0.1, 0.15) is 0 Å². The van der Waals surface area contributed by atoms with Crippen molar-refractivity contribution in [3.8, 4) is 0 Å². The quantitative estimate of drug-likeness (QED) is 0.851. The van der Waals surface area contributed by atoms with Gasteiger partial charge in [0.2, 0.25) is 5.91 Å². The molecule has 2 rings (SSSR count). The van der Waals surface area contributed by atoms with Gasteiger partial charge in [-0.05, 0) is 40.0 Å². The van der Waals surface area contributed by atoms with Crippen molar-refractivity contribution in [2.45, 2.75) is 32.7 Å². The standard InChI is InChI=1S/C13H21N3OS2/c1-9-10(19-12(18)14-9)7-11(17)16-6-5-15(4)13(2,3)8-16/h5-8H2,1-4H3,(H,14,18). The molecule has 1 aliphatic rings. The van der Waals surface area contributed by atoms with Gasteiger partial charge in [0.15, 0.2) is 3.95 Å². The number of hydrogen-bond acceptors (Lipinski definition) is 4. The van der Waals surface area contributed by atoms with Gasteiger partial charge >= 0.3 is 0 Å². The van der Waals surface area contributed by atoms with Crippen LogP contribution in [-0.2, 0) is 11.2 Å². The molecule has 106 valence electrons. The molecule has 0 saturated carbocycles. The third-order valence-corrected chi connectivity index (χ3v) is 5.24. The lowest BCUT2D eigenvalue weighted by molar-refractivity contribution is -0.134. The molecule has 6 heteroatoms. The molecule has 1 aliphatic heterocycles. The van der Waals surface area contributed by atoms with Gasteiger partial charge in [0.25, 0.3) is 0 Å². The number of likely N-dealkylation sites (N-methyl/N-ethyl adjacent to an activating group) is 1. The Labute approximate surface area is 123 Å². The monoisotopic (exact) mass is 299 g/mol. The number of aromatic amines is 1. The zero-order valence-corrected chi connectivity index (χ0v) is 13.6. The average Bonchev–Trinajstić information content (AvgIpc) is 2.61. The number of nitrogens with one attached hydrogen (secondary N) is 1. The largest absolute Gasteiger partial charge is 0.341 e. The van der Waals surface area contributed by atoms with Crippen LogP contribution in [0.25, 0.3) is 0 Å². The fourth-order valence-electron chi connectivity index (χ4n) is 2.31. The summed E-state index contributed by atoms with van der Waals surface area (Å²) in [7, 11) is 2.11. The molecular formula is C13H21N3OS2. The molecule has 4 nitrogen and oxygen atoms in total. The maximum atomic E-state index is 12.4. The van der Waals surface area contributed by atoms with E-state index in [-0.39, 0.29) is 11.4 Å². The highest BCUT2D eigenvalue weighted by atomic mass is 32.1. The lowest BCUT2D eigenvalue weighted by Gasteiger charge is -2.45. The lowest BCUT2D eigenvalue weighted by atomic mass is 9.99. The second-order valence-electron chi connectivity index (χ2n) is 5.79. The first kappa shape index (κ1) is 14.7. The van der Waals surface area contributed by atoms with Crippen LogP contribution in [0.3, 0.4) is 0 Å². The Morgan fingerprint density at radius 3 is 2.68 bits per heavy atom. The van der Waals surface area contributed by atoms with E-state index in [2.05, 4.69) is 30.8 Å². The molecule has 0 aliphatic carbocycles. The van der Waals surface area contributed by atoms with Crippen LogP contribution < -0.4 is 0 Å². The number of amides is 1. The summed E-state index contributed by atoms with van der Waals surface area (Å²) < 4.78 is 0.749. The Bertz CT molecular complexity index is 532. The van der Waals surface area contributed by atoms with Crippen LogP contribution in [0.15, 0.2) is 0 Å². The van der Waals surface area contributed by atoms with E-state index in [1.807, 2.05) is 11.8 Å². The van der Waals surface area contributed by atoms with Crippen molar-refractivity contribution < 1.29 is 4.79 Å². The Morgan fingerprint density at radius 1 is 1.47 bits per heavy atom. The van der Waals surface area contributed by atoms with Crippen molar-refractivity contribution in [3.05, 3.63) is 14.5 Å². The van der Waals surface area contributed by atoms with Gasteiger partial charge in [-0.15, -0.1) is 11.3 Å². The van der Waals surface area contributed by atoms with E-state index in [4.69, 9.17) is 12.2 Å². The summed E-state index contributed by atoms with van der Waals surface area (Å²) in [5.74, 6) is 0.203. The van der Waals surface area contributed by atoms with Gasteiger partial charge in [0.05, 0.1) is 6.42 Å². The molecule has 1 saturated heterocycles. The average molecular weight is 299 g/mol. The van der Waals surface area contributed by atoms with E-state index in [0.29, 0.717) is 6.42 Å². The summed E-state index contributed by atoms with van der Waals surface area (Å²) >= 11 is 6.62. The minimum atomic E-state index is 0.0493. The first-order chi connectivity index (χ1) is 8.79. The molecule has 1 fully saturated rings. The maximum absolute atomic E-state index is 12.4. The number of piperazine rings is 1. The van der Waals surface area contributed by atoms with Gasteiger partial charge < -0.3 is 9.88 Å². The van der Waals surface area contributed by atoms with Crippen LogP contribution in [0.1, 0.15) is 24.4 Å². The van der Waals surface area contributed by atoms with E-state index < -0.39 is 0 Å². The molecule has 0 aromatic carbocycles. The highest BCUT2D eigenvalue weighted by Gasteiger charge is 2.33. The van der Waals surface area contributed by atoms with E-state index in [0.717, 1.165) is 34.2 Å². The van der Waals surface area contributed by atoms with E-state index in [1.165, 1.54) is 11.3 Å². The SMILES string of the molecule is Cc1[nH]c(=S)sc1CC(=O)N1CCN(C)C(C)(C)C1. The minimum Gasteiger partial charge on any atom is -0.341 e. The summed E-state index contributed by atoms with van der Waals surface area (Å²) in [4.78, 5) is 20.8. The number of carbonyl (C=O) groups excluding carboxylic acids is 1. The highest BCUT2D eigenvalue weighted by Crippen LogP contribution is 2.21. The molecule has 2 heterocycles. The Kier molecular flexibility index (Phi) is 4.13. The number of H-pyrrole nitrogens is 1. The second-order valence-corrected chi connectivity index (χ2v) is 7.56. The summed E-state index contributed by atoms with van der Waals surface area (Å²) in [6, 6.07) is 0. The van der Waals surface area contributed by atoms with Crippen LogP contribution in [0.2, 0.25) is 0 Å². The van der Waals surface area contributed by atoms with Gasteiger partial charge in [-0.3, -0.25) is 9.69 Å². The summed E-state index contributed by atoms with van der Waals surface area (Å²) in [5, 5.41) is 0. The summed E-state index contributed by atoms with van der Waals surface area (Å²) in [5.41, 5.74) is 1.07. The Morgan fingerprint density at radius 2 is 2.16 bits per heavy atom. The molecule has 1 N–H and O–H groups in total. The molecule has 0 unspecified atom stereocenters. The summed E-state index contributed by atoms with van der Waals surface area (Å²) in [6.07, 6.45) is 0.462. The molecule has 0 atom stereocenters. The van der Waals surface area contributed by atoms with E-state index >= 15 is 0 Å². The Balaban J connectivity index is 2.05. The number of aromatic nitrogens is 1. The molecule has 0 radical (unpaired) electrons. The third kappa shape index (κ3) is 3.24. The smallest absolute Gasteiger partial charge is 0.228 e. The van der Waals surface area contributed by atoms with Gasteiger partial charge in [-0.25, -0.2) is 0 Å².